The van der Waals surface area contributed by atoms with E-state index in [0.29, 0.717) is 0 Å². The summed E-state index contributed by atoms with van der Waals surface area (Å²) in [7, 11) is 0. The van der Waals surface area contributed by atoms with Gasteiger partial charge in [0.1, 0.15) is 16.5 Å². The molecule has 0 saturated carbocycles. The number of hydrogen-bond donors (Lipinski definition) is 1. The summed E-state index contributed by atoms with van der Waals surface area (Å²) in [6, 6.07) is 2.65. The fourth-order valence-electron chi connectivity index (χ4n) is 1.17. The van der Waals surface area contributed by atoms with E-state index in [9.17, 15) is 14.9 Å². The number of amides is 1. The van der Waals surface area contributed by atoms with Crippen molar-refractivity contribution in [3.05, 3.63) is 44.3 Å². The maximum atomic E-state index is 11.8. The molecule has 0 bridgehead atoms. The number of nitro groups is 1. The molecule has 2 aromatic heterocycles. The van der Waals surface area contributed by atoms with Crippen molar-refractivity contribution in [1.29, 1.82) is 0 Å². The summed E-state index contributed by atoms with van der Waals surface area (Å²) in [6.07, 6.45) is 1.06. The maximum absolute atomic E-state index is 11.8. The molecule has 0 saturated heterocycles. The Labute approximate surface area is 120 Å². The highest BCUT2D eigenvalue weighted by atomic mass is 35.5. The number of carbonyl (C=O) groups is 1. The van der Waals surface area contributed by atoms with Crippen molar-refractivity contribution in [1.82, 2.24) is 9.97 Å². The molecule has 2 heterocycles. The van der Waals surface area contributed by atoms with Crippen LogP contribution in [0.15, 0.2) is 18.3 Å². The van der Waals surface area contributed by atoms with E-state index in [0.717, 1.165) is 17.5 Å². The highest BCUT2D eigenvalue weighted by Gasteiger charge is 2.15. The second-order valence-electron chi connectivity index (χ2n) is 3.22. The molecule has 10 heteroatoms. The Morgan fingerprint density at radius 2 is 2.00 bits per heavy atom. The molecular weight excluding hydrogens is 315 g/mol. The molecule has 0 unspecified atom stereocenters. The van der Waals surface area contributed by atoms with Crippen LogP contribution in [-0.4, -0.2) is 20.8 Å². The van der Waals surface area contributed by atoms with Gasteiger partial charge in [-0.05, 0) is 23.5 Å². The normalized spacial score (nSPS) is 10.2. The maximum Gasteiger partial charge on any atom is 0.345 e. The van der Waals surface area contributed by atoms with E-state index >= 15 is 0 Å². The minimum atomic E-state index is -0.590. The Balaban J connectivity index is 2.18. The first-order valence-corrected chi connectivity index (χ1v) is 6.27. The highest BCUT2D eigenvalue weighted by Crippen LogP contribution is 2.25. The summed E-state index contributed by atoms with van der Waals surface area (Å²) < 4.78 is 0. The molecule has 2 rings (SSSR count). The van der Waals surface area contributed by atoms with Crippen molar-refractivity contribution < 1.29 is 9.72 Å². The molecule has 0 atom stereocenters. The molecule has 2 aromatic rings. The average molecular weight is 319 g/mol. The first-order chi connectivity index (χ1) is 8.95. The third-order valence-corrected chi connectivity index (χ3v) is 3.17. The van der Waals surface area contributed by atoms with Gasteiger partial charge in [0, 0.05) is 5.56 Å². The molecule has 19 heavy (non-hydrogen) atoms. The van der Waals surface area contributed by atoms with Crippen LogP contribution in [0.5, 0.6) is 0 Å². The van der Waals surface area contributed by atoms with Gasteiger partial charge in [-0.1, -0.05) is 23.2 Å². The van der Waals surface area contributed by atoms with Gasteiger partial charge < -0.3 is 0 Å². The van der Waals surface area contributed by atoms with Gasteiger partial charge >= 0.3 is 5.00 Å². The smallest absolute Gasteiger partial charge is 0.298 e. The van der Waals surface area contributed by atoms with Gasteiger partial charge in [-0.15, -0.1) is 0 Å². The van der Waals surface area contributed by atoms with Crippen LogP contribution in [0.4, 0.5) is 10.1 Å². The molecule has 0 fully saturated rings. The first kappa shape index (κ1) is 13.7. The van der Waals surface area contributed by atoms with Gasteiger partial charge in [0.15, 0.2) is 5.13 Å². The lowest BCUT2D eigenvalue weighted by Gasteiger charge is -2.02. The van der Waals surface area contributed by atoms with E-state index in [1.807, 2.05) is 0 Å². The standard InChI is InChI=1S/C9H4Cl2N4O3S/c10-5-1-4(2-6(11)13-5)8(16)14-9-12-3-7(19-9)15(17)18/h1-3H,(H,12,14,16). The van der Waals surface area contributed by atoms with E-state index in [4.69, 9.17) is 23.2 Å². The highest BCUT2D eigenvalue weighted by molar-refractivity contribution is 7.18. The summed E-state index contributed by atoms with van der Waals surface area (Å²) >= 11 is 12.1. The first-order valence-electron chi connectivity index (χ1n) is 4.70. The van der Waals surface area contributed by atoms with Crippen LogP contribution in [0.1, 0.15) is 10.4 Å². The topological polar surface area (TPSA) is 98.0 Å². The average Bonchev–Trinajstić information content (AvgIpc) is 2.76. The fourth-order valence-corrected chi connectivity index (χ4v) is 2.26. The van der Waals surface area contributed by atoms with E-state index in [1.54, 1.807) is 0 Å². The predicted octanol–water partition coefficient (Wildman–Crippen LogP) is 3.01. The lowest BCUT2D eigenvalue weighted by molar-refractivity contribution is -0.380. The number of anilines is 1. The molecule has 98 valence electrons. The molecule has 0 aliphatic heterocycles. The van der Waals surface area contributed by atoms with Crippen LogP contribution in [-0.2, 0) is 0 Å². The number of nitrogens with zero attached hydrogens (tertiary/aromatic N) is 3. The zero-order valence-electron chi connectivity index (χ0n) is 8.96. The number of hydrogen-bond acceptors (Lipinski definition) is 6. The van der Waals surface area contributed by atoms with Crippen molar-refractivity contribution in [2.24, 2.45) is 0 Å². The molecule has 0 aliphatic carbocycles. The summed E-state index contributed by atoms with van der Waals surface area (Å²) in [6.45, 7) is 0. The lowest BCUT2D eigenvalue weighted by atomic mass is 10.2. The third-order valence-electron chi connectivity index (χ3n) is 1.92. The second kappa shape index (κ2) is 5.47. The van der Waals surface area contributed by atoms with E-state index in [1.165, 1.54) is 12.1 Å². The summed E-state index contributed by atoms with van der Waals surface area (Å²) in [5, 5.41) is 13.0. The number of nitrogens with one attached hydrogen (secondary N) is 1. The van der Waals surface area contributed by atoms with E-state index in [-0.39, 0.29) is 26.0 Å². The molecule has 0 spiro atoms. The third kappa shape index (κ3) is 3.37. The molecule has 0 aliphatic rings. The molecule has 0 radical (unpaired) electrons. The van der Waals surface area contributed by atoms with Crippen LogP contribution in [0, 0.1) is 10.1 Å². The van der Waals surface area contributed by atoms with Crippen molar-refractivity contribution in [2.45, 2.75) is 0 Å². The van der Waals surface area contributed by atoms with Crippen molar-refractivity contribution in [3.8, 4) is 0 Å². The van der Waals surface area contributed by atoms with Gasteiger partial charge in [-0.2, -0.15) is 0 Å². The summed E-state index contributed by atoms with van der Waals surface area (Å²) in [4.78, 5) is 29.1. The molecule has 0 aromatic carbocycles. The van der Waals surface area contributed by atoms with Gasteiger partial charge in [-0.25, -0.2) is 9.97 Å². The Hall–Kier alpha value is -1.77. The van der Waals surface area contributed by atoms with E-state index < -0.39 is 10.8 Å². The minimum Gasteiger partial charge on any atom is -0.298 e. The van der Waals surface area contributed by atoms with Gasteiger partial charge in [0.2, 0.25) is 0 Å². The largest absolute Gasteiger partial charge is 0.345 e. The minimum absolute atomic E-state index is 0.0720. The lowest BCUT2D eigenvalue weighted by Crippen LogP contribution is -2.11. The van der Waals surface area contributed by atoms with Crippen LogP contribution in [0.2, 0.25) is 10.3 Å². The van der Waals surface area contributed by atoms with Crippen LogP contribution < -0.4 is 5.32 Å². The number of rotatable bonds is 3. The van der Waals surface area contributed by atoms with Gasteiger partial charge in [0.05, 0.1) is 4.92 Å². The quantitative estimate of drug-likeness (QED) is 0.533. The van der Waals surface area contributed by atoms with Crippen molar-refractivity contribution >= 4 is 50.6 Å². The number of thiazole rings is 1. The number of pyridine rings is 1. The summed E-state index contributed by atoms with van der Waals surface area (Å²) in [5.74, 6) is -0.532. The van der Waals surface area contributed by atoms with Gasteiger partial charge in [0.25, 0.3) is 5.91 Å². The predicted molar refractivity (Wildman–Crippen MR) is 71.0 cm³/mol. The number of halogens is 2. The number of carbonyl (C=O) groups excluding carboxylic acids is 1. The van der Waals surface area contributed by atoms with Crippen LogP contribution in [0.3, 0.4) is 0 Å². The Morgan fingerprint density at radius 1 is 1.37 bits per heavy atom. The Bertz CT molecular complexity index is 640. The van der Waals surface area contributed by atoms with Crippen molar-refractivity contribution in [2.75, 3.05) is 5.32 Å². The molecule has 7 nitrogen and oxygen atoms in total. The Kier molecular flexibility index (Phi) is 3.93. The van der Waals surface area contributed by atoms with Crippen molar-refractivity contribution in [3.63, 3.8) is 0 Å². The fraction of sp³-hybridized carbons (Fsp3) is 0. The molecular formula is C9H4Cl2N4O3S. The zero-order valence-corrected chi connectivity index (χ0v) is 11.3. The zero-order chi connectivity index (χ0) is 14.0. The number of aromatic nitrogens is 2. The van der Waals surface area contributed by atoms with Crippen LogP contribution in [0.25, 0.3) is 0 Å². The SMILES string of the molecule is O=C(Nc1ncc([N+](=O)[O-])s1)c1cc(Cl)nc(Cl)c1. The Morgan fingerprint density at radius 3 is 2.53 bits per heavy atom. The molecule has 1 amide bonds. The van der Waals surface area contributed by atoms with E-state index in [2.05, 4.69) is 15.3 Å². The van der Waals surface area contributed by atoms with Crippen LogP contribution >= 0.6 is 34.5 Å². The van der Waals surface area contributed by atoms with Gasteiger partial charge in [-0.3, -0.25) is 20.2 Å². The summed E-state index contributed by atoms with van der Waals surface area (Å²) in [5.41, 5.74) is 0.183. The second-order valence-corrected chi connectivity index (χ2v) is 5.00. The molecule has 1 N–H and O–H groups in total. The monoisotopic (exact) mass is 318 g/mol.